The summed E-state index contributed by atoms with van der Waals surface area (Å²) < 4.78 is 37.8. The van der Waals surface area contributed by atoms with E-state index in [4.69, 9.17) is 0 Å². The van der Waals surface area contributed by atoms with Gasteiger partial charge in [0.1, 0.15) is 5.69 Å². The molecule has 0 aliphatic carbocycles. The maximum absolute atomic E-state index is 12.6. The van der Waals surface area contributed by atoms with Gasteiger partial charge >= 0.3 is 6.18 Å². The number of fused-ring (bicyclic) bond motifs is 1. The van der Waals surface area contributed by atoms with Gasteiger partial charge in [0.2, 0.25) is 5.91 Å². The number of aromatic nitrogens is 1. The Labute approximate surface area is 119 Å². The molecule has 0 unspecified atom stereocenters. The van der Waals surface area contributed by atoms with Crippen molar-refractivity contribution in [3.8, 4) is 0 Å². The summed E-state index contributed by atoms with van der Waals surface area (Å²) in [6, 6.07) is 5.65. The highest BCUT2D eigenvalue weighted by molar-refractivity contribution is 5.94. The van der Waals surface area contributed by atoms with Crippen molar-refractivity contribution in [3.63, 3.8) is 0 Å². The fourth-order valence-electron chi connectivity index (χ4n) is 1.91. The van der Waals surface area contributed by atoms with Gasteiger partial charge < -0.3 is 15.2 Å². The number of nitrogens with one attached hydrogen (secondary N) is 2. The largest absolute Gasteiger partial charge is 0.431 e. The smallest absolute Gasteiger partial charge is 0.351 e. The topological polar surface area (TPSA) is 48.1 Å². The maximum Gasteiger partial charge on any atom is 0.431 e. The molecule has 2 aromatic rings. The third-order valence-corrected chi connectivity index (χ3v) is 3.00. The predicted octanol–water partition coefficient (Wildman–Crippen LogP) is 3.08. The average Bonchev–Trinajstić information content (AvgIpc) is 2.79. The number of H-pyrrole nitrogens is 1. The van der Waals surface area contributed by atoms with Crippen molar-refractivity contribution in [1.29, 1.82) is 0 Å². The van der Waals surface area contributed by atoms with Gasteiger partial charge in [-0.3, -0.25) is 4.79 Å². The van der Waals surface area contributed by atoms with Crippen LogP contribution in [0.1, 0.15) is 12.1 Å². The molecule has 1 heterocycles. The standard InChI is InChI=1S/C14H16F3N3O/c1-20(2)6-5-13(21)18-10-3-4-11-9(7-10)8-12(19-11)14(15,16)17/h3-4,7-8,19H,5-6H2,1-2H3,(H,18,21). The number of carbonyl (C=O) groups is 1. The van der Waals surface area contributed by atoms with Crippen LogP contribution in [0.5, 0.6) is 0 Å². The van der Waals surface area contributed by atoms with Crippen molar-refractivity contribution < 1.29 is 18.0 Å². The second-order valence-corrected chi connectivity index (χ2v) is 5.08. The molecule has 1 aromatic carbocycles. The second kappa shape index (κ2) is 5.77. The number of halogens is 3. The minimum absolute atomic E-state index is 0.172. The van der Waals surface area contributed by atoms with Crippen molar-refractivity contribution in [2.75, 3.05) is 26.0 Å². The summed E-state index contributed by atoms with van der Waals surface area (Å²) in [4.78, 5) is 15.9. The summed E-state index contributed by atoms with van der Waals surface area (Å²) >= 11 is 0. The molecule has 0 bridgehead atoms. The average molecular weight is 299 g/mol. The third-order valence-electron chi connectivity index (χ3n) is 3.00. The Morgan fingerprint density at radius 2 is 2.00 bits per heavy atom. The molecule has 0 saturated carbocycles. The van der Waals surface area contributed by atoms with Crippen molar-refractivity contribution in [1.82, 2.24) is 9.88 Å². The van der Waals surface area contributed by atoms with Crippen LogP contribution in [0.2, 0.25) is 0 Å². The Balaban J connectivity index is 2.13. The first-order valence-electron chi connectivity index (χ1n) is 6.40. The summed E-state index contributed by atoms with van der Waals surface area (Å²) in [6.45, 7) is 0.608. The first-order chi connectivity index (χ1) is 9.75. The van der Waals surface area contributed by atoms with E-state index >= 15 is 0 Å². The summed E-state index contributed by atoms with van der Waals surface area (Å²) in [5, 5.41) is 3.09. The number of nitrogens with zero attached hydrogens (tertiary/aromatic N) is 1. The lowest BCUT2D eigenvalue weighted by molar-refractivity contribution is -0.140. The molecule has 7 heteroatoms. The van der Waals surface area contributed by atoms with Gasteiger partial charge in [0, 0.05) is 29.6 Å². The van der Waals surface area contributed by atoms with Crippen LogP contribution in [-0.2, 0) is 11.0 Å². The summed E-state index contributed by atoms with van der Waals surface area (Å²) in [7, 11) is 3.72. The van der Waals surface area contributed by atoms with E-state index in [0.29, 0.717) is 29.6 Å². The van der Waals surface area contributed by atoms with E-state index in [1.54, 1.807) is 6.07 Å². The molecule has 2 rings (SSSR count). The van der Waals surface area contributed by atoms with Gasteiger partial charge in [0.25, 0.3) is 0 Å². The van der Waals surface area contributed by atoms with Crippen molar-refractivity contribution in [3.05, 3.63) is 30.0 Å². The Morgan fingerprint density at radius 1 is 1.29 bits per heavy atom. The highest BCUT2D eigenvalue weighted by Gasteiger charge is 2.32. The second-order valence-electron chi connectivity index (χ2n) is 5.08. The van der Waals surface area contributed by atoms with E-state index < -0.39 is 11.9 Å². The highest BCUT2D eigenvalue weighted by atomic mass is 19.4. The lowest BCUT2D eigenvalue weighted by atomic mass is 10.2. The van der Waals surface area contributed by atoms with Gasteiger partial charge in [-0.2, -0.15) is 13.2 Å². The Morgan fingerprint density at radius 3 is 2.62 bits per heavy atom. The van der Waals surface area contributed by atoms with Crippen LogP contribution < -0.4 is 5.32 Å². The molecule has 1 amide bonds. The van der Waals surface area contributed by atoms with Gasteiger partial charge in [-0.15, -0.1) is 0 Å². The summed E-state index contributed by atoms with van der Waals surface area (Å²) in [5.41, 5.74) is 0.0705. The van der Waals surface area contributed by atoms with Gasteiger partial charge in [-0.05, 0) is 38.4 Å². The normalized spacial score (nSPS) is 12.1. The van der Waals surface area contributed by atoms with Crippen LogP contribution >= 0.6 is 0 Å². The molecule has 2 N–H and O–H groups in total. The van der Waals surface area contributed by atoms with Gasteiger partial charge in [-0.1, -0.05) is 0 Å². The van der Waals surface area contributed by atoms with E-state index in [2.05, 4.69) is 10.3 Å². The SMILES string of the molecule is CN(C)CCC(=O)Nc1ccc2[nH]c(C(F)(F)F)cc2c1. The van der Waals surface area contributed by atoms with Crippen LogP contribution in [0, 0.1) is 0 Å². The molecule has 4 nitrogen and oxygen atoms in total. The monoisotopic (exact) mass is 299 g/mol. The number of anilines is 1. The molecule has 114 valence electrons. The minimum Gasteiger partial charge on any atom is -0.351 e. The number of hydrogen-bond acceptors (Lipinski definition) is 2. The molecular weight excluding hydrogens is 283 g/mol. The van der Waals surface area contributed by atoms with E-state index in [0.717, 1.165) is 6.07 Å². The fraction of sp³-hybridized carbons (Fsp3) is 0.357. The number of alkyl halides is 3. The number of aromatic amines is 1. The van der Waals surface area contributed by atoms with Gasteiger partial charge in [0.15, 0.2) is 0 Å². The van der Waals surface area contributed by atoms with Crippen LogP contribution in [0.15, 0.2) is 24.3 Å². The zero-order valence-corrected chi connectivity index (χ0v) is 11.7. The van der Waals surface area contributed by atoms with Crippen molar-refractivity contribution in [2.45, 2.75) is 12.6 Å². The first-order valence-corrected chi connectivity index (χ1v) is 6.40. The molecule has 21 heavy (non-hydrogen) atoms. The van der Waals surface area contributed by atoms with E-state index in [1.165, 1.54) is 12.1 Å². The summed E-state index contributed by atoms with van der Waals surface area (Å²) in [6.07, 6.45) is -4.08. The quantitative estimate of drug-likeness (QED) is 0.911. The Bertz CT molecular complexity index is 646. The fourth-order valence-corrected chi connectivity index (χ4v) is 1.91. The van der Waals surface area contributed by atoms with E-state index in [9.17, 15) is 18.0 Å². The first kappa shape index (κ1) is 15.4. The maximum atomic E-state index is 12.6. The molecule has 0 aliphatic rings. The van der Waals surface area contributed by atoms with Crippen molar-refractivity contribution >= 4 is 22.5 Å². The van der Waals surface area contributed by atoms with Gasteiger partial charge in [-0.25, -0.2) is 0 Å². The molecule has 0 fully saturated rings. The van der Waals surface area contributed by atoms with E-state index in [-0.39, 0.29) is 5.91 Å². The molecule has 0 saturated heterocycles. The number of rotatable bonds is 4. The number of benzene rings is 1. The van der Waals surface area contributed by atoms with Crippen molar-refractivity contribution in [2.24, 2.45) is 0 Å². The molecule has 0 atom stereocenters. The lowest BCUT2D eigenvalue weighted by Gasteiger charge is -2.09. The zero-order valence-electron chi connectivity index (χ0n) is 11.7. The molecular formula is C14H16F3N3O. The van der Waals surface area contributed by atoms with Crippen LogP contribution in [-0.4, -0.2) is 36.4 Å². The number of amides is 1. The Hall–Kier alpha value is -2.02. The molecule has 0 spiro atoms. The number of hydrogen-bond donors (Lipinski definition) is 2. The third kappa shape index (κ3) is 3.98. The highest BCUT2D eigenvalue weighted by Crippen LogP contribution is 2.31. The summed E-state index contributed by atoms with van der Waals surface area (Å²) in [5.74, 6) is -0.172. The van der Waals surface area contributed by atoms with Crippen LogP contribution in [0.25, 0.3) is 10.9 Å². The van der Waals surface area contributed by atoms with Gasteiger partial charge in [0.05, 0.1) is 0 Å². The number of carbonyl (C=O) groups excluding carboxylic acids is 1. The predicted molar refractivity (Wildman–Crippen MR) is 75.1 cm³/mol. The molecule has 0 radical (unpaired) electrons. The van der Waals surface area contributed by atoms with Crippen LogP contribution in [0.4, 0.5) is 18.9 Å². The minimum atomic E-state index is -4.41. The van der Waals surface area contributed by atoms with E-state index in [1.807, 2.05) is 19.0 Å². The zero-order chi connectivity index (χ0) is 15.6. The molecule has 1 aromatic heterocycles. The molecule has 0 aliphatic heterocycles. The lowest BCUT2D eigenvalue weighted by Crippen LogP contribution is -2.20. The Kier molecular flexibility index (Phi) is 4.22. The van der Waals surface area contributed by atoms with Crippen LogP contribution in [0.3, 0.4) is 0 Å².